The average molecular weight is 365 g/mol. The van der Waals surface area contributed by atoms with Crippen LogP contribution in [0.5, 0.6) is 0 Å². The van der Waals surface area contributed by atoms with Crippen molar-refractivity contribution in [2.24, 2.45) is 5.10 Å². The molecule has 1 aliphatic heterocycles. The van der Waals surface area contributed by atoms with Gasteiger partial charge in [0.1, 0.15) is 23.8 Å². The smallest absolute Gasteiger partial charge is 0.247 e. The van der Waals surface area contributed by atoms with E-state index < -0.39 is 31.1 Å². The average Bonchev–Trinajstić information content (AvgIpc) is 3.16. The number of nitrogens with zero attached hydrogens (tertiary/aromatic N) is 5. The summed E-state index contributed by atoms with van der Waals surface area (Å²) in [6.07, 6.45) is -1.12. The highest BCUT2D eigenvalue weighted by Gasteiger charge is 2.44. The van der Waals surface area contributed by atoms with Gasteiger partial charge in [-0.3, -0.25) is 4.57 Å². The van der Waals surface area contributed by atoms with Gasteiger partial charge in [-0.05, 0) is 13.3 Å². The van der Waals surface area contributed by atoms with E-state index in [0.717, 1.165) is 18.6 Å². The van der Waals surface area contributed by atoms with E-state index in [1.807, 2.05) is 6.92 Å². The zero-order valence-corrected chi connectivity index (χ0v) is 14.6. The molecule has 0 saturated carbocycles. The molecule has 3 rings (SSSR count). The van der Waals surface area contributed by atoms with Crippen LogP contribution < -0.4 is 11.2 Å². The lowest BCUT2D eigenvalue weighted by Gasteiger charge is -2.16. The maximum Gasteiger partial charge on any atom is 0.247 e. The Morgan fingerprint density at radius 3 is 2.81 bits per heavy atom. The normalized spacial score (nSPS) is 26.6. The van der Waals surface area contributed by atoms with Crippen molar-refractivity contribution in [1.29, 1.82) is 0 Å². The van der Waals surface area contributed by atoms with Crippen molar-refractivity contribution in [3.05, 3.63) is 6.33 Å². The minimum Gasteiger partial charge on any atom is -0.394 e. The number of anilines is 2. The molecule has 0 bridgehead atoms. The Morgan fingerprint density at radius 1 is 1.38 bits per heavy atom. The second-order valence-corrected chi connectivity index (χ2v) is 6.19. The zero-order valence-electron chi connectivity index (χ0n) is 14.6. The first-order valence-electron chi connectivity index (χ1n) is 8.38. The summed E-state index contributed by atoms with van der Waals surface area (Å²) in [5, 5.41) is 33.6. The van der Waals surface area contributed by atoms with Gasteiger partial charge in [0, 0.05) is 5.71 Å². The van der Waals surface area contributed by atoms with Gasteiger partial charge in [0.15, 0.2) is 17.7 Å². The molecule has 0 aromatic carbocycles. The van der Waals surface area contributed by atoms with Gasteiger partial charge in [0.2, 0.25) is 5.95 Å². The van der Waals surface area contributed by atoms with Crippen molar-refractivity contribution in [2.75, 3.05) is 17.8 Å². The predicted octanol–water partition coefficient (Wildman–Crippen LogP) is -0.392. The number of hydrogen-bond acceptors (Lipinski definition) is 10. The number of aliphatic hydroxyl groups is 3. The number of nitrogens with two attached hydrogens (primary N) is 1. The minimum atomic E-state index is -1.25. The highest BCUT2D eigenvalue weighted by molar-refractivity contribution is 5.84. The number of imidazole rings is 1. The second-order valence-electron chi connectivity index (χ2n) is 6.19. The van der Waals surface area contributed by atoms with Crippen molar-refractivity contribution >= 4 is 28.6 Å². The molecule has 26 heavy (non-hydrogen) atoms. The molecule has 3 heterocycles. The number of hydrazone groups is 1. The van der Waals surface area contributed by atoms with Gasteiger partial charge >= 0.3 is 0 Å². The maximum absolute atomic E-state index is 10.2. The van der Waals surface area contributed by atoms with Crippen LogP contribution in [0.15, 0.2) is 11.4 Å². The molecule has 6 N–H and O–H groups in total. The Morgan fingerprint density at radius 2 is 2.15 bits per heavy atom. The largest absolute Gasteiger partial charge is 0.394 e. The molecular weight excluding hydrogens is 342 g/mol. The third-order valence-corrected chi connectivity index (χ3v) is 4.20. The number of ether oxygens (including phenoxy) is 1. The Balaban J connectivity index is 1.94. The summed E-state index contributed by atoms with van der Waals surface area (Å²) in [5.41, 5.74) is 10.3. The van der Waals surface area contributed by atoms with E-state index in [1.165, 1.54) is 10.9 Å². The van der Waals surface area contributed by atoms with Crippen molar-refractivity contribution in [1.82, 2.24) is 19.5 Å². The first-order chi connectivity index (χ1) is 12.5. The highest BCUT2D eigenvalue weighted by atomic mass is 16.6. The fourth-order valence-corrected chi connectivity index (χ4v) is 2.85. The van der Waals surface area contributed by atoms with Crippen LogP contribution in [0.4, 0.5) is 11.8 Å². The molecule has 1 fully saturated rings. The lowest BCUT2D eigenvalue weighted by atomic mass is 10.1. The van der Waals surface area contributed by atoms with E-state index >= 15 is 0 Å². The highest BCUT2D eigenvalue weighted by Crippen LogP contribution is 2.32. The van der Waals surface area contributed by atoms with Crippen LogP contribution in [-0.2, 0) is 4.74 Å². The standard InChI is InChI=1S/C15H23N7O4/c1-3-4-7(2)20-21-15-18-12(16)9-13(19-15)22(6-17-9)14-11(25)10(24)8(5-23)26-14/h6,8,10-11,14,23-25H,3-5H2,1-2H3,(H3,16,18,19,21)/b20-7+. The lowest BCUT2D eigenvalue weighted by molar-refractivity contribution is -0.0511. The summed E-state index contributed by atoms with van der Waals surface area (Å²) in [6.45, 7) is 3.53. The number of hydrogen-bond donors (Lipinski definition) is 5. The fourth-order valence-electron chi connectivity index (χ4n) is 2.85. The molecule has 1 saturated heterocycles. The van der Waals surface area contributed by atoms with Gasteiger partial charge in [-0.25, -0.2) is 10.4 Å². The second kappa shape index (κ2) is 7.50. The van der Waals surface area contributed by atoms with Gasteiger partial charge < -0.3 is 25.8 Å². The molecule has 4 atom stereocenters. The number of aliphatic hydroxyl groups excluding tert-OH is 3. The lowest BCUT2D eigenvalue weighted by Crippen LogP contribution is -2.33. The van der Waals surface area contributed by atoms with Crippen molar-refractivity contribution in [2.45, 2.75) is 51.2 Å². The Labute approximate surface area is 149 Å². The summed E-state index contributed by atoms with van der Waals surface area (Å²) in [7, 11) is 0. The van der Waals surface area contributed by atoms with Crippen molar-refractivity contribution in [3.8, 4) is 0 Å². The van der Waals surface area contributed by atoms with Crippen LogP contribution in [0.1, 0.15) is 32.9 Å². The molecule has 1 aliphatic rings. The molecule has 4 unspecified atom stereocenters. The van der Waals surface area contributed by atoms with Crippen LogP contribution in [0, 0.1) is 0 Å². The molecule has 11 heteroatoms. The molecule has 0 aliphatic carbocycles. The summed E-state index contributed by atoms with van der Waals surface area (Å²) in [6, 6.07) is 0. The van der Waals surface area contributed by atoms with Crippen LogP contribution in [-0.4, -0.2) is 65.5 Å². The summed E-state index contributed by atoms with van der Waals surface area (Å²) < 4.78 is 6.97. The Bertz CT molecular complexity index is 809. The number of rotatable bonds is 6. The minimum absolute atomic E-state index is 0.145. The Hall–Kier alpha value is -2.34. The molecule has 0 radical (unpaired) electrons. The Kier molecular flexibility index (Phi) is 5.32. The maximum atomic E-state index is 10.2. The molecule has 2 aromatic heterocycles. The van der Waals surface area contributed by atoms with Crippen LogP contribution >= 0.6 is 0 Å². The van der Waals surface area contributed by atoms with Crippen LogP contribution in [0.2, 0.25) is 0 Å². The SMILES string of the molecule is CCC/C(C)=N/Nc1nc(N)c2ncn(C3OC(CO)C(O)C3O)c2n1. The molecule has 0 spiro atoms. The summed E-state index contributed by atoms with van der Waals surface area (Å²) in [5.74, 6) is 0.324. The molecule has 0 amide bonds. The predicted molar refractivity (Wildman–Crippen MR) is 94.4 cm³/mol. The molecule has 2 aromatic rings. The number of nitrogens with one attached hydrogen (secondary N) is 1. The molecular formula is C15H23N7O4. The van der Waals surface area contributed by atoms with E-state index in [0.29, 0.717) is 11.2 Å². The fraction of sp³-hybridized carbons (Fsp3) is 0.600. The van der Waals surface area contributed by atoms with E-state index in [1.54, 1.807) is 0 Å². The van der Waals surface area contributed by atoms with E-state index in [4.69, 9.17) is 10.5 Å². The van der Waals surface area contributed by atoms with Gasteiger partial charge in [0.25, 0.3) is 0 Å². The number of fused-ring (bicyclic) bond motifs is 1. The monoisotopic (exact) mass is 365 g/mol. The van der Waals surface area contributed by atoms with Gasteiger partial charge in [-0.1, -0.05) is 13.3 Å². The number of aromatic nitrogens is 4. The topological polar surface area (TPSA) is 164 Å². The third-order valence-electron chi connectivity index (χ3n) is 4.20. The third kappa shape index (κ3) is 3.33. The van der Waals surface area contributed by atoms with Crippen LogP contribution in [0.25, 0.3) is 11.2 Å². The van der Waals surface area contributed by atoms with Gasteiger partial charge in [-0.2, -0.15) is 15.1 Å². The van der Waals surface area contributed by atoms with Crippen molar-refractivity contribution in [3.63, 3.8) is 0 Å². The van der Waals surface area contributed by atoms with Gasteiger partial charge in [0.05, 0.1) is 12.9 Å². The summed E-state index contributed by atoms with van der Waals surface area (Å²) >= 11 is 0. The quantitative estimate of drug-likeness (QED) is 0.338. The molecule has 142 valence electrons. The molecule has 11 nitrogen and oxygen atoms in total. The first-order valence-corrected chi connectivity index (χ1v) is 8.38. The van der Waals surface area contributed by atoms with Crippen molar-refractivity contribution < 1.29 is 20.1 Å². The van der Waals surface area contributed by atoms with Gasteiger partial charge in [-0.15, -0.1) is 0 Å². The first kappa shape index (κ1) is 18.5. The summed E-state index contributed by atoms with van der Waals surface area (Å²) in [4.78, 5) is 12.6. The van der Waals surface area contributed by atoms with E-state index in [9.17, 15) is 15.3 Å². The number of nitrogen functional groups attached to an aromatic ring is 1. The van der Waals surface area contributed by atoms with Crippen LogP contribution in [0.3, 0.4) is 0 Å². The van der Waals surface area contributed by atoms with E-state index in [-0.39, 0.29) is 11.8 Å². The zero-order chi connectivity index (χ0) is 18.8. The van der Waals surface area contributed by atoms with E-state index in [2.05, 4.69) is 32.4 Å².